The lowest BCUT2D eigenvalue weighted by Gasteiger charge is -2.36. The first-order valence-electron chi connectivity index (χ1n) is 15.6. The van der Waals surface area contributed by atoms with Crippen LogP contribution in [0.2, 0.25) is 0 Å². The van der Waals surface area contributed by atoms with Crippen molar-refractivity contribution in [3.8, 4) is 0 Å². The number of likely N-dealkylation sites (tertiary alicyclic amines) is 1. The number of pyridine rings is 1. The SMILES string of the molecule is [2H]c1ccccc1C[C@@H](C(=O)N1CCC[C@H]1C(=O)NCc1ccc2c(N)nccc2c1)N(CC(=O)OCCC)c1ccccc1. The first kappa shape index (κ1) is 29.2. The summed E-state index contributed by atoms with van der Waals surface area (Å²) in [6.45, 7) is 2.77. The van der Waals surface area contributed by atoms with Crippen molar-refractivity contribution in [1.82, 2.24) is 15.2 Å². The van der Waals surface area contributed by atoms with Crippen LogP contribution >= 0.6 is 0 Å². The number of carbonyl (C=O) groups excluding carboxylic acids is 3. The molecule has 228 valence electrons. The fraction of sp³-hybridized carbons (Fsp3) is 0.314. The third-order valence-electron chi connectivity index (χ3n) is 7.87. The summed E-state index contributed by atoms with van der Waals surface area (Å²) in [5, 5.41) is 4.80. The van der Waals surface area contributed by atoms with Crippen LogP contribution in [0.1, 0.15) is 38.7 Å². The van der Waals surface area contributed by atoms with Gasteiger partial charge in [-0.2, -0.15) is 0 Å². The fourth-order valence-corrected chi connectivity index (χ4v) is 5.66. The Labute approximate surface area is 259 Å². The fourth-order valence-electron chi connectivity index (χ4n) is 5.66. The molecule has 2 amide bonds. The third kappa shape index (κ3) is 7.34. The molecule has 2 heterocycles. The molecule has 0 unspecified atom stereocenters. The number of nitrogens with zero attached hydrogens (tertiary/aromatic N) is 3. The van der Waals surface area contributed by atoms with Crippen molar-refractivity contribution in [1.29, 1.82) is 0 Å². The average molecular weight is 595 g/mol. The number of fused-ring (bicyclic) bond motifs is 1. The highest BCUT2D eigenvalue weighted by molar-refractivity contribution is 5.94. The minimum atomic E-state index is -0.846. The first-order valence-corrected chi connectivity index (χ1v) is 15.1. The highest BCUT2D eigenvalue weighted by Crippen LogP contribution is 2.26. The smallest absolute Gasteiger partial charge is 0.325 e. The zero-order chi connectivity index (χ0) is 31.8. The summed E-state index contributed by atoms with van der Waals surface area (Å²) in [7, 11) is 0. The zero-order valence-electron chi connectivity index (χ0n) is 25.9. The first-order chi connectivity index (χ1) is 21.9. The number of nitrogen functional groups attached to an aromatic ring is 1. The molecule has 5 rings (SSSR count). The van der Waals surface area contributed by atoms with Crippen molar-refractivity contribution in [2.45, 2.75) is 51.2 Å². The minimum absolute atomic E-state index is 0.146. The molecule has 2 atom stereocenters. The number of aromatic nitrogens is 1. The van der Waals surface area contributed by atoms with Crippen molar-refractivity contribution >= 4 is 40.1 Å². The predicted molar refractivity (Wildman–Crippen MR) is 172 cm³/mol. The van der Waals surface area contributed by atoms with E-state index in [2.05, 4.69) is 10.3 Å². The van der Waals surface area contributed by atoms with E-state index in [1.54, 1.807) is 28.1 Å². The van der Waals surface area contributed by atoms with Gasteiger partial charge in [0.25, 0.3) is 0 Å². The lowest BCUT2D eigenvalue weighted by Crippen LogP contribution is -2.55. The topological polar surface area (TPSA) is 118 Å². The molecule has 0 saturated carbocycles. The molecule has 0 bridgehead atoms. The molecule has 9 heteroatoms. The second-order valence-corrected chi connectivity index (χ2v) is 11.0. The van der Waals surface area contributed by atoms with Crippen molar-refractivity contribution < 1.29 is 20.5 Å². The van der Waals surface area contributed by atoms with Crippen molar-refractivity contribution in [3.63, 3.8) is 0 Å². The Kier molecular flexibility index (Phi) is 9.61. The molecule has 1 fully saturated rings. The number of amides is 2. The molecule has 9 nitrogen and oxygen atoms in total. The number of esters is 1. The molecule has 0 radical (unpaired) electrons. The second-order valence-electron chi connectivity index (χ2n) is 11.0. The summed E-state index contributed by atoms with van der Waals surface area (Å²) in [5.41, 5.74) is 8.24. The van der Waals surface area contributed by atoms with Gasteiger partial charge in [0.1, 0.15) is 24.4 Å². The van der Waals surface area contributed by atoms with E-state index >= 15 is 0 Å². The summed E-state index contributed by atoms with van der Waals surface area (Å²) in [6, 6.07) is 22.8. The molecule has 4 aromatic rings. The van der Waals surface area contributed by atoms with Crippen LogP contribution in [0.15, 0.2) is 91.1 Å². The number of hydrogen-bond donors (Lipinski definition) is 2. The Hall–Kier alpha value is -4.92. The molecule has 3 aromatic carbocycles. The van der Waals surface area contributed by atoms with E-state index in [-0.39, 0.29) is 31.4 Å². The zero-order valence-corrected chi connectivity index (χ0v) is 24.9. The van der Waals surface area contributed by atoms with Gasteiger partial charge >= 0.3 is 5.97 Å². The van der Waals surface area contributed by atoms with E-state index in [0.29, 0.717) is 55.5 Å². The lowest BCUT2D eigenvalue weighted by atomic mass is 10.0. The van der Waals surface area contributed by atoms with Crippen LogP contribution in [0.4, 0.5) is 11.5 Å². The van der Waals surface area contributed by atoms with Crippen LogP contribution in [-0.2, 0) is 32.1 Å². The quantitative estimate of drug-likeness (QED) is 0.232. The van der Waals surface area contributed by atoms with Gasteiger partial charge in [-0.25, -0.2) is 4.98 Å². The Morgan fingerprint density at radius 1 is 1.09 bits per heavy atom. The van der Waals surface area contributed by atoms with Gasteiger partial charge in [-0.15, -0.1) is 0 Å². The monoisotopic (exact) mass is 594 g/mol. The van der Waals surface area contributed by atoms with Gasteiger partial charge in [-0.1, -0.05) is 67.6 Å². The number of hydrogen-bond acceptors (Lipinski definition) is 7. The minimum Gasteiger partial charge on any atom is -0.464 e. The molecule has 1 aromatic heterocycles. The summed E-state index contributed by atoms with van der Waals surface area (Å²) < 4.78 is 13.9. The highest BCUT2D eigenvalue weighted by Gasteiger charge is 2.39. The molecule has 3 N–H and O–H groups in total. The Balaban J connectivity index is 1.39. The number of rotatable bonds is 12. The third-order valence-corrected chi connectivity index (χ3v) is 7.87. The normalized spacial score (nSPS) is 15.4. The Bertz CT molecular complexity index is 1650. The lowest BCUT2D eigenvalue weighted by molar-refractivity contribution is -0.143. The van der Waals surface area contributed by atoms with Gasteiger partial charge in [0, 0.05) is 36.8 Å². The summed E-state index contributed by atoms with van der Waals surface area (Å²) in [5.74, 6) is -0.490. The molecule has 44 heavy (non-hydrogen) atoms. The molecule has 0 spiro atoms. The molecule has 0 aliphatic carbocycles. The number of anilines is 2. The van der Waals surface area contributed by atoms with E-state index in [1.165, 1.54) is 0 Å². The van der Waals surface area contributed by atoms with Crippen LogP contribution in [0.3, 0.4) is 0 Å². The van der Waals surface area contributed by atoms with Crippen molar-refractivity contribution in [3.05, 3.63) is 102 Å². The molecular weight excluding hydrogens is 554 g/mol. The Morgan fingerprint density at radius 2 is 1.89 bits per heavy atom. The maximum Gasteiger partial charge on any atom is 0.325 e. The largest absolute Gasteiger partial charge is 0.464 e. The van der Waals surface area contributed by atoms with Crippen LogP contribution in [0.25, 0.3) is 10.8 Å². The highest BCUT2D eigenvalue weighted by atomic mass is 16.5. The van der Waals surface area contributed by atoms with Crippen LogP contribution < -0.4 is 16.0 Å². The maximum absolute atomic E-state index is 14.5. The van der Waals surface area contributed by atoms with E-state index in [4.69, 9.17) is 11.8 Å². The molecule has 1 aliphatic heterocycles. The van der Waals surface area contributed by atoms with E-state index < -0.39 is 18.1 Å². The van der Waals surface area contributed by atoms with Gasteiger partial charge in [-0.3, -0.25) is 14.4 Å². The van der Waals surface area contributed by atoms with Crippen LogP contribution in [-0.4, -0.2) is 59.4 Å². The number of ether oxygens (including phenoxy) is 1. The van der Waals surface area contributed by atoms with Gasteiger partial charge < -0.3 is 25.6 Å². The number of nitrogens with two attached hydrogens (primary N) is 1. The van der Waals surface area contributed by atoms with Gasteiger partial charge in [0.2, 0.25) is 11.8 Å². The molecule has 1 aliphatic rings. The number of carbonyl (C=O) groups is 3. The number of nitrogens with one attached hydrogen (secondary N) is 1. The van der Waals surface area contributed by atoms with Gasteiger partial charge in [-0.05, 0) is 60.0 Å². The summed E-state index contributed by atoms with van der Waals surface area (Å²) in [4.78, 5) is 48.5. The average Bonchev–Trinajstić information content (AvgIpc) is 3.55. The number of benzene rings is 3. The van der Waals surface area contributed by atoms with E-state index in [9.17, 15) is 14.4 Å². The number of para-hydroxylation sites is 1. The van der Waals surface area contributed by atoms with Gasteiger partial charge in [0.05, 0.1) is 7.98 Å². The Morgan fingerprint density at radius 3 is 2.68 bits per heavy atom. The maximum atomic E-state index is 14.5. The van der Waals surface area contributed by atoms with E-state index in [1.807, 2.05) is 73.7 Å². The van der Waals surface area contributed by atoms with Crippen molar-refractivity contribution in [2.75, 3.05) is 30.3 Å². The van der Waals surface area contributed by atoms with Crippen molar-refractivity contribution in [2.24, 2.45) is 0 Å². The summed E-state index contributed by atoms with van der Waals surface area (Å²) in [6.07, 6.45) is 3.73. The summed E-state index contributed by atoms with van der Waals surface area (Å²) >= 11 is 0. The second kappa shape index (κ2) is 14.5. The molecular formula is C35H39N5O4. The van der Waals surface area contributed by atoms with E-state index in [0.717, 1.165) is 16.3 Å². The van der Waals surface area contributed by atoms with Crippen LogP contribution in [0, 0.1) is 0 Å². The predicted octanol–water partition coefficient (Wildman–Crippen LogP) is 4.50. The van der Waals surface area contributed by atoms with Gasteiger partial charge in [0.15, 0.2) is 0 Å². The standard InChI is InChI=1S/C35H39N5O4/c1-2-20-44-32(41)24-40(28-12-7-4-8-13-28)31(22-25-10-5-3-6-11-25)35(43)39-19-9-14-30(39)34(42)38-23-26-15-16-29-27(21-26)17-18-37-33(29)36/h3-8,10-13,15-18,21,30-31H,2,9,14,19-20,22-24H2,1H3,(H2,36,37)(H,38,42)/t30-,31-/m0/s1/i10D. The van der Waals surface area contributed by atoms with Crippen LogP contribution in [0.5, 0.6) is 0 Å². The molecule has 1 saturated heterocycles.